The van der Waals surface area contributed by atoms with Gasteiger partial charge in [-0.15, -0.1) is 0 Å². The topological polar surface area (TPSA) is 37.3 Å². The van der Waals surface area contributed by atoms with Crippen LogP contribution in [0.15, 0.2) is 18.2 Å². The molecule has 0 radical (unpaired) electrons. The standard InChI is InChI=1S/C11H11FO2/c12-10-5-1-4-9-8(10)3-2-6-11(9,14)7-13/h1,4-5,7,14H,2-3,6H2. The number of rotatable bonds is 1. The number of fused-ring (bicyclic) bond motifs is 1. The maximum absolute atomic E-state index is 13.3. The second-order valence-electron chi connectivity index (χ2n) is 3.66. The zero-order valence-electron chi connectivity index (χ0n) is 7.66. The maximum Gasteiger partial charge on any atom is 0.156 e. The van der Waals surface area contributed by atoms with Crippen molar-refractivity contribution in [2.45, 2.75) is 24.9 Å². The number of aliphatic hydroxyl groups is 1. The summed E-state index contributed by atoms with van der Waals surface area (Å²) in [7, 11) is 0. The lowest BCUT2D eigenvalue weighted by Crippen LogP contribution is -2.32. The molecule has 1 atom stereocenters. The van der Waals surface area contributed by atoms with Crippen LogP contribution in [0, 0.1) is 5.82 Å². The molecule has 1 aromatic rings. The van der Waals surface area contributed by atoms with Gasteiger partial charge in [-0.1, -0.05) is 12.1 Å². The molecule has 3 heteroatoms. The van der Waals surface area contributed by atoms with Gasteiger partial charge in [-0.2, -0.15) is 0 Å². The summed E-state index contributed by atoms with van der Waals surface area (Å²) < 4.78 is 13.3. The smallest absolute Gasteiger partial charge is 0.156 e. The lowest BCUT2D eigenvalue weighted by molar-refractivity contribution is -0.126. The molecule has 14 heavy (non-hydrogen) atoms. The molecule has 74 valence electrons. The fourth-order valence-electron chi connectivity index (χ4n) is 2.01. The van der Waals surface area contributed by atoms with Crippen molar-refractivity contribution in [2.75, 3.05) is 0 Å². The van der Waals surface area contributed by atoms with Gasteiger partial charge in [0, 0.05) is 0 Å². The molecule has 0 bridgehead atoms. The number of carbonyl (C=O) groups is 1. The second kappa shape index (κ2) is 3.17. The normalized spacial score (nSPS) is 25.6. The third-order valence-corrected chi connectivity index (χ3v) is 2.76. The molecule has 0 saturated carbocycles. The van der Waals surface area contributed by atoms with Crippen molar-refractivity contribution in [3.63, 3.8) is 0 Å². The highest BCUT2D eigenvalue weighted by molar-refractivity contribution is 5.67. The van der Waals surface area contributed by atoms with Crippen LogP contribution < -0.4 is 0 Å². The zero-order chi connectivity index (χ0) is 10.2. The van der Waals surface area contributed by atoms with Gasteiger partial charge in [-0.25, -0.2) is 4.39 Å². The second-order valence-corrected chi connectivity index (χ2v) is 3.66. The van der Waals surface area contributed by atoms with Gasteiger partial charge in [0.15, 0.2) is 6.29 Å². The van der Waals surface area contributed by atoms with Gasteiger partial charge in [0.05, 0.1) is 0 Å². The fourth-order valence-corrected chi connectivity index (χ4v) is 2.01. The molecule has 0 spiro atoms. The Balaban J connectivity index is 2.60. The Hall–Kier alpha value is -1.22. The predicted octanol–water partition coefficient (Wildman–Crippen LogP) is 1.55. The van der Waals surface area contributed by atoms with Crippen molar-refractivity contribution in [1.29, 1.82) is 0 Å². The molecule has 1 unspecified atom stereocenters. The van der Waals surface area contributed by atoms with Crippen molar-refractivity contribution in [3.05, 3.63) is 35.1 Å². The first-order valence-corrected chi connectivity index (χ1v) is 4.64. The Morgan fingerprint density at radius 2 is 2.29 bits per heavy atom. The minimum absolute atomic E-state index is 0.331. The molecule has 0 heterocycles. The SMILES string of the molecule is O=CC1(O)CCCc2c(F)cccc21. The summed E-state index contributed by atoms with van der Waals surface area (Å²) in [5, 5.41) is 9.92. The molecule has 1 aliphatic carbocycles. The van der Waals surface area contributed by atoms with Crippen molar-refractivity contribution < 1.29 is 14.3 Å². The average molecular weight is 194 g/mol. The minimum Gasteiger partial charge on any atom is -0.378 e. The van der Waals surface area contributed by atoms with Crippen LogP contribution in [-0.2, 0) is 16.8 Å². The van der Waals surface area contributed by atoms with Crippen molar-refractivity contribution >= 4 is 6.29 Å². The van der Waals surface area contributed by atoms with Gasteiger partial charge >= 0.3 is 0 Å². The highest BCUT2D eigenvalue weighted by Gasteiger charge is 2.34. The van der Waals surface area contributed by atoms with Crippen LogP contribution in [0.5, 0.6) is 0 Å². The van der Waals surface area contributed by atoms with E-state index in [4.69, 9.17) is 0 Å². The third kappa shape index (κ3) is 1.24. The Labute approximate surface area is 81.4 Å². The van der Waals surface area contributed by atoms with E-state index in [-0.39, 0.29) is 5.82 Å². The van der Waals surface area contributed by atoms with E-state index >= 15 is 0 Å². The van der Waals surface area contributed by atoms with Gasteiger partial charge in [0.1, 0.15) is 11.4 Å². The lowest BCUT2D eigenvalue weighted by atomic mass is 9.80. The summed E-state index contributed by atoms with van der Waals surface area (Å²) >= 11 is 0. The van der Waals surface area contributed by atoms with E-state index in [0.29, 0.717) is 36.7 Å². The molecular formula is C11H11FO2. The maximum atomic E-state index is 13.3. The molecule has 0 saturated heterocycles. The van der Waals surface area contributed by atoms with E-state index in [0.717, 1.165) is 0 Å². The number of carbonyl (C=O) groups excluding carboxylic acids is 1. The summed E-state index contributed by atoms with van der Waals surface area (Å²) in [5.41, 5.74) is -0.567. The molecule has 0 aliphatic heterocycles. The average Bonchev–Trinajstić information content (AvgIpc) is 2.20. The van der Waals surface area contributed by atoms with Gasteiger partial charge < -0.3 is 5.11 Å². The van der Waals surface area contributed by atoms with E-state index in [2.05, 4.69) is 0 Å². The number of benzene rings is 1. The van der Waals surface area contributed by atoms with Gasteiger partial charge in [0.2, 0.25) is 0 Å². The molecule has 0 aromatic heterocycles. The summed E-state index contributed by atoms with van der Waals surface area (Å²) in [6, 6.07) is 4.50. The summed E-state index contributed by atoms with van der Waals surface area (Å²) in [6.07, 6.45) is 2.12. The molecule has 2 rings (SSSR count). The van der Waals surface area contributed by atoms with Crippen molar-refractivity contribution in [3.8, 4) is 0 Å². The molecule has 1 N–H and O–H groups in total. The van der Waals surface area contributed by atoms with Crippen LogP contribution in [0.25, 0.3) is 0 Å². The van der Waals surface area contributed by atoms with E-state index in [9.17, 15) is 14.3 Å². The summed E-state index contributed by atoms with van der Waals surface area (Å²) in [5.74, 6) is -0.331. The van der Waals surface area contributed by atoms with E-state index in [1.807, 2.05) is 0 Å². The van der Waals surface area contributed by atoms with E-state index < -0.39 is 5.60 Å². The summed E-state index contributed by atoms with van der Waals surface area (Å²) in [4.78, 5) is 10.8. The third-order valence-electron chi connectivity index (χ3n) is 2.76. The summed E-state index contributed by atoms with van der Waals surface area (Å²) in [6.45, 7) is 0. The number of halogens is 1. The van der Waals surface area contributed by atoms with E-state index in [1.165, 1.54) is 12.1 Å². The van der Waals surface area contributed by atoms with Crippen molar-refractivity contribution in [1.82, 2.24) is 0 Å². The van der Waals surface area contributed by atoms with Crippen molar-refractivity contribution in [2.24, 2.45) is 0 Å². The first-order chi connectivity index (χ1) is 6.67. The Kier molecular flexibility index (Phi) is 2.11. The van der Waals surface area contributed by atoms with Crippen LogP contribution in [0.2, 0.25) is 0 Å². The van der Waals surface area contributed by atoms with Gasteiger partial charge in [0.25, 0.3) is 0 Å². The number of hydrogen-bond donors (Lipinski definition) is 1. The molecule has 2 nitrogen and oxygen atoms in total. The molecule has 0 fully saturated rings. The first kappa shape index (κ1) is 9.34. The van der Waals surface area contributed by atoms with Crippen LogP contribution in [-0.4, -0.2) is 11.4 Å². The first-order valence-electron chi connectivity index (χ1n) is 4.64. The number of aldehydes is 1. The van der Waals surface area contributed by atoms with Gasteiger partial charge in [-0.05, 0) is 36.5 Å². The molecule has 1 aliphatic rings. The van der Waals surface area contributed by atoms with E-state index in [1.54, 1.807) is 6.07 Å². The molecular weight excluding hydrogens is 183 g/mol. The quantitative estimate of drug-likeness (QED) is 0.689. The predicted molar refractivity (Wildman–Crippen MR) is 49.3 cm³/mol. The fraction of sp³-hybridized carbons (Fsp3) is 0.364. The van der Waals surface area contributed by atoms with Crippen LogP contribution in [0.3, 0.4) is 0 Å². The minimum atomic E-state index is -1.48. The number of hydrogen-bond acceptors (Lipinski definition) is 2. The Morgan fingerprint density at radius 3 is 3.00 bits per heavy atom. The Morgan fingerprint density at radius 1 is 1.50 bits per heavy atom. The monoisotopic (exact) mass is 194 g/mol. The molecule has 1 aromatic carbocycles. The van der Waals surface area contributed by atoms with Crippen LogP contribution in [0.4, 0.5) is 4.39 Å². The Bertz CT molecular complexity index is 376. The highest BCUT2D eigenvalue weighted by Crippen LogP contribution is 2.34. The largest absolute Gasteiger partial charge is 0.378 e. The zero-order valence-corrected chi connectivity index (χ0v) is 7.66. The lowest BCUT2D eigenvalue weighted by Gasteiger charge is -2.29. The highest BCUT2D eigenvalue weighted by atomic mass is 19.1. The van der Waals surface area contributed by atoms with Gasteiger partial charge in [-0.3, -0.25) is 4.79 Å². The van der Waals surface area contributed by atoms with Crippen LogP contribution >= 0.6 is 0 Å². The van der Waals surface area contributed by atoms with Crippen LogP contribution in [0.1, 0.15) is 24.0 Å². The molecule has 0 amide bonds.